The van der Waals surface area contributed by atoms with E-state index in [1.807, 2.05) is 0 Å². The molecule has 0 bridgehead atoms. The lowest BCUT2D eigenvalue weighted by molar-refractivity contribution is -0.134. The summed E-state index contributed by atoms with van der Waals surface area (Å²) in [5.74, 6) is -1.14. The van der Waals surface area contributed by atoms with E-state index in [4.69, 9.17) is 9.84 Å². The zero-order valence-electron chi connectivity index (χ0n) is 10.6. The summed E-state index contributed by atoms with van der Waals surface area (Å²) in [6.07, 6.45) is 2.94. The van der Waals surface area contributed by atoms with E-state index in [1.165, 1.54) is 13.0 Å². The molecule has 0 atom stereocenters. The van der Waals surface area contributed by atoms with Crippen molar-refractivity contribution in [1.82, 2.24) is 5.32 Å². The van der Waals surface area contributed by atoms with Gasteiger partial charge in [0.15, 0.2) is 0 Å². The van der Waals surface area contributed by atoms with Crippen LogP contribution in [0.25, 0.3) is 6.08 Å². The standard InChI is InChI=1S/C14H15NO4/c1-3-8-19-13-7-5-4-6-11(13)9-12(14(17)18)15-10(2)16/h3-7,9H,1,8H2,2H3,(H,15,16)(H,17,18)/b12-9+. The summed E-state index contributed by atoms with van der Waals surface area (Å²) in [6.45, 7) is 5.10. The van der Waals surface area contributed by atoms with Crippen LogP contribution in [-0.4, -0.2) is 23.6 Å². The van der Waals surface area contributed by atoms with Crippen LogP contribution < -0.4 is 10.1 Å². The molecule has 0 saturated heterocycles. The quantitative estimate of drug-likeness (QED) is 0.605. The van der Waals surface area contributed by atoms with Crippen molar-refractivity contribution in [1.29, 1.82) is 0 Å². The summed E-state index contributed by atoms with van der Waals surface area (Å²) in [4.78, 5) is 22.0. The van der Waals surface area contributed by atoms with Crippen LogP contribution in [0.3, 0.4) is 0 Å². The first-order valence-electron chi connectivity index (χ1n) is 5.60. The highest BCUT2D eigenvalue weighted by atomic mass is 16.5. The second-order valence-corrected chi connectivity index (χ2v) is 3.68. The molecule has 100 valence electrons. The Kier molecular flexibility index (Phi) is 5.35. The van der Waals surface area contributed by atoms with Crippen LogP contribution in [-0.2, 0) is 9.59 Å². The Bertz CT molecular complexity index is 520. The summed E-state index contributed by atoms with van der Waals surface area (Å²) in [5, 5.41) is 11.3. The van der Waals surface area contributed by atoms with Gasteiger partial charge >= 0.3 is 5.97 Å². The van der Waals surface area contributed by atoms with Crippen molar-refractivity contribution in [3.63, 3.8) is 0 Å². The Morgan fingerprint density at radius 1 is 1.42 bits per heavy atom. The number of amides is 1. The molecule has 0 aromatic heterocycles. The van der Waals surface area contributed by atoms with Crippen molar-refractivity contribution in [3.05, 3.63) is 48.2 Å². The molecular formula is C14H15NO4. The largest absolute Gasteiger partial charge is 0.489 e. The number of aliphatic carboxylic acids is 1. The maximum absolute atomic E-state index is 11.0. The molecule has 2 N–H and O–H groups in total. The third-order valence-electron chi connectivity index (χ3n) is 2.12. The number of hydrogen-bond acceptors (Lipinski definition) is 3. The average molecular weight is 261 g/mol. The highest BCUT2D eigenvalue weighted by molar-refractivity contribution is 5.96. The molecule has 1 amide bonds. The summed E-state index contributed by atoms with van der Waals surface area (Å²) in [6, 6.07) is 6.93. The summed E-state index contributed by atoms with van der Waals surface area (Å²) in [5.41, 5.74) is 0.359. The Balaban J connectivity index is 3.08. The molecule has 0 saturated carbocycles. The Hall–Kier alpha value is -2.56. The van der Waals surface area contributed by atoms with Crippen LogP contribution in [0.4, 0.5) is 0 Å². The van der Waals surface area contributed by atoms with E-state index in [0.29, 0.717) is 17.9 Å². The molecule has 5 nitrogen and oxygen atoms in total. The first kappa shape index (κ1) is 14.5. The van der Waals surface area contributed by atoms with Crippen molar-refractivity contribution in [2.75, 3.05) is 6.61 Å². The van der Waals surface area contributed by atoms with E-state index in [2.05, 4.69) is 11.9 Å². The van der Waals surface area contributed by atoms with Gasteiger partial charge in [-0.2, -0.15) is 0 Å². The van der Waals surface area contributed by atoms with E-state index in [0.717, 1.165) is 0 Å². The highest BCUT2D eigenvalue weighted by Gasteiger charge is 2.10. The van der Waals surface area contributed by atoms with Crippen LogP contribution >= 0.6 is 0 Å². The van der Waals surface area contributed by atoms with E-state index < -0.39 is 11.9 Å². The number of carbonyl (C=O) groups is 2. The normalized spacial score (nSPS) is 10.7. The van der Waals surface area contributed by atoms with Crippen molar-refractivity contribution in [2.45, 2.75) is 6.92 Å². The third kappa shape index (κ3) is 4.67. The number of para-hydroxylation sites is 1. The van der Waals surface area contributed by atoms with Gasteiger partial charge in [-0.25, -0.2) is 4.79 Å². The Morgan fingerprint density at radius 2 is 2.11 bits per heavy atom. The number of ether oxygens (including phenoxy) is 1. The zero-order valence-corrected chi connectivity index (χ0v) is 10.6. The van der Waals surface area contributed by atoms with Gasteiger partial charge in [0, 0.05) is 12.5 Å². The first-order valence-corrected chi connectivity index (χ1v) is 5.60. The Morgan fingerprint density at radius 3 is 2.68 bits per heavy atom. The number of rotatable bonds is 6. The zero-order chi connectivity index (χ0) is 14.3. The lowest BCUT2D eigenvalue weighted by Gasteiger charge is -2.08. The molecule has 5 heteroatoms. The fourth-order valence-electron chi connectivity index (χ4n) is 1.38. The molecule has 1 aromatic rings. The van der Waals surface area contributed by atoms with Gasteiger partial charge in [-0.05, 0) is 12.1 Å². The fourth-order valence-corrected chi connectivity index (χ4v) is 1.38. The number of carboxylic acids is 1. The van der Waals surface area contributed by atoms with Crippen LogP contribution in [0, 0.1) is 0 Å². The van der Waals surface area contributed by atoms with Gasteiger partial charge in [0.2, 0.25) is 5.91 Å². The highest BCUT2D eigenvalue weighted by Crippen LogP contribution is 2.20. The second kappa shape index (κ2) is 7.00. The van der Waals surface area contributed by atoms with E-state index in [-0.39, 0.29) is 5.70 Å². The molecule has 0 fully saturated rings. The van der Waals surface area contributed by atoms with E-state index >= 15 is 0 Å². The predicted molar refractivity (Wildman–Crippen MR) is 71.6 cm³/mol. The average Bonchev–Trinajstić information content (AvgIpc) is 2.36. The molecule has 19 heavy (non-hydrogen) atoms. The molecule has 0 aliphatic heterocycles. The molecule has 0 aliphatic carbocycles. The van der Waals surface area contributed by atoms with Crippen molar-refractivity contribution in [2.24, 2.45) is 0 Å². The molecule has 1 rings (SSSR count). The minimum absolute atomic E-state index is 0.206. The van der Waals surface area contributed by atoms with Crippen molar-refractivity contribution >= 4 is 18.0 Å². The van der Waals surface area contributed by atoms with E-state index in [9.17, 15) is 9.59 Å². The second-order valence-electron chi connectivity index (χ2n) is 3.68. The summed E-state index contributed by atoms with van der Waals surface area (Å²) >= 11 is 0. The molecule has 0 unspecified atom stereocenters. The molecule has 0 aliphatic rings. The Labute approximate surface area is 111 Å². The predicted octanol–water partition coefficient (Wildman–Crippen LogP) is 1.81. The molecule has 0 spiro atoms. The van der Waals surface area contributed by atoms with Crippen LogP contribution in [0.15, 0.2) is 42.6 Å². The number of carboxylic acid groups (broad SMARTS) is 1. The monoisotopic (exact) mass is 261 g/mol. The van der Waals surface area contributed by atoms with Gasteiger partial charge in [-0.3, -0.25) is 4.79 Å². The maximum Gasteiger partial charge on any atom is 0.352 e. The minimum atomic E-state index is -1.21. The lowest BCUT2D eigenvalue weighted by Crippen LogP contribution is -2.24. The fraction of sp³-hybridized carbons (Fsp3) is 0.143. The molecule has 0 radical (unpaired) electrons. The SMILES string of the molecule is C=CCOc1ccccc1/C=C(/NC(C)=O)C(=O)O. The number of carbonyl (C=O) groups excluding carboxylic acids is 1. The van der Waals surface area contributed by atoms with Gasteiger partial charge < -0.3 is 15.2 Å². The van der Waals surface area contributed by atoms with Gasteiger partial charge in [0.05, 0.1) is 0 Å². The maximum atomic E-state index is 11.0. The van der Waals surface area contributed by atoms with Crippen LogP contribution in [0.5, 0.6) is 5.75 Å². The number of hydrogen-bond donors (Lipinski definition) is 2. The molecule has 0 heterocycles. The number of nitrogens with one attached hydrogen (secondary N) is 1. The smallest absolute Gasteiger partial charge is 0.352 e. The van der Waals surface area contributed by atoms with Crippen LogP contribution in [0.1, 0.15) is 12.5 Å². The van der Waals surface area contributed by atoms with Gasteiger partial charge in [-0.1, -0.05) is 30.9 Å². The minimum Gasteiger partial charge on any atom is -0.489 e. The van der Waals surface area contributed by atoms with Crippen molar-refractivity contribution < 1.29 is 19.4 Å². The van der Waals surface area contributed by atoms with Gasteiger partial charge in [0.25, 0.3) is 0 Å². The number of benzene rings is 1. The van der Waals surface area contributed by atoms with Crippen molar-refractivity contribution in [3.8, 4) is 5.75 Å². The van der Waals surface area contributed by atoms with E-state index in [1.54, 1.807) is 30.3 Å². The van der Waals surface area contributed by atoms with Gasteiger partial charge in [-0.15, -0.1) is 0 Å². The molecular weight excluding hydrogens is 246 g/mol. The van der Waals surface area contributed by atoms with Gasteiger partial charge in [0.1, 0.15) is 18.1 Å². The first-order chi connectivity index (χ1) is 9.04. The lowest BCUT2D eigenvalue weighted by atomic mass is 10.1. The summed E-state index contributed by atoms with van der Waals surface area (Å²) in [7, 11) is 0. The summed E-state index contributed by atoms with van der Waals surface area (Å²) < 4.78 is 5.40. The topological polar surface area (TPSA) is 75.6 Å². The molecule has 1 aromatic carbocycles. The van der Waals surface area contributed by atoms with Crippen LogP contribution in [0.2, 0.25) is 0 Å². The third-order valence-corrected chi connectivity index (χ3v) is 2.12.